The van der Waals surface area contributed by atoms with Gasteiger partial charge in [0.15, 0.2) is 5.58 Å². The molecule has 0 bridgehead atoms. The van der Waals surface area contributed by atoms with Crippen molar-refractivity contribution in [2.75, 3.05) is 38.6 Å². The Bertz CT molecular complexity index is 481. The van der Waals surface area contributed by atoms with Crippen LogP contribution >= 0.6 is 0 Å². The summed E-state index contributed by atoms with van der Waals surface area (Å²) in [6, 6.07) is 8.67. The average Bonchev–Trinajstić information content (AvgIpc) is 2.65. The second kappa shape index (κ2) is 4.04. The molecule has 17 heavy (non-hydrogen) atoms. The molecule has 1 saturated heterocycles. The summed E-state index contributed by atoms with van der Waals surface area (Å²) >= 11 is 0. The summed E-state index contributed by atoms with van der Waals surface area (Å²) in [5, 5.41) is 0. The molecule has 0 unspecified atom stereocenters. The molecule has 2 aromatic rings. The first-order chi connectivity index (χ1) is 8.22. The fourth-order valence-electron chi connectivity index (χ4n) is 2.35. The van der Waals surface area contributed by atoms with Gasteiger partial charge >= 0.3 is 0 Å². The van der Waals surface area contributed by atoms with E-state index in [9.17, 15) is 0 Å². The molecule has 1 aromatic heterocycles. The highest BCUT2D eigenvalue weighted by atomic mass is 16.4. The second-order valence-corrected chi connectivity index (χ2v) is 5.00. The number of fused-ring (bicyclic) bond motifs is 1. The molecule has 0 saturated carbocycles. The van der Waals surface area contributed by atoms with E-state index in [1.54, 1.807) is 0 Å². The Morgan fingerprint density at radius 3 is 2.82 bits per heavy atom. The molecular formula is C13H17N3O. The number of hydrogen-bond acceptors (Lipinski definition) is 4. The van der Waals surface area contributed by atoms with Crippen LogP contribution in [0.2, 0.25) is 0 Å². The first-order valence-corrected chi connectivity index (χ1v) is 5.97. The number of para-hydroxylation sites is 2. The highest BCUT2D eigenvalue weighted by Gasteiger charge is 2.30. The number of aromatic nitrogens is 1. The lowest BCUT2D eigenvalue weighted by atomic mass is 10.0. The molecule has 4 nitrogen and oxygen atoms in total. The van der Waals surface area contributed by atoms with Gasteiger partial charge in [0.1, 0.15) is 5.52 Å². The Morgan fingerprint density at radius 1 is 1.35 bits per heavy atom. The zero-order valence-electron chi connectivity index (χ0n) is 10.3. The minimum atomic E-state index is 0.736. The maximum atomic E-state index is 5.73. The minimum absolute atomic E-state index is 0.736. The third-order valence-corrected chi connectivity index (χ3v) is 3.13. The number of rotatable bonds is 3. The van der Waals surface area contributed by atoms with Gasteiger partial charge < -0.3 is 14.2 Å². The second-order valence-electron chi connectivity index (χ2n) is 5.00. The van der Waals surface area contributed by atoms with E-state index in [2.05, 4.69) is 28.9 Å². The van der Waals surface area contributed by atoms with Gasteiger partial charge in [0.25, 0.3) is 6.01 Å². The van der Waals surface area contributed by atoms with Crippen LogP contribution < -0.4 is 4.90 Å². The van der Waals surface area contributed by atoms with E-state index in [0.29, 0.717) is 0 Å². The zero-order valence-corrected chi connectivity index (χ0v) is 10.3. The van der Waals surface area contributed by atoms with Crippen LogP contribution in [0.5, 0.6) is 0 Å². The molecule has 0 aliphatic carbocycles. The van der Waals surface area contributed by atoms with Crippen molar-refractivity contribution in [1.29, 1.82) is 0 Å². The maximum Gasteiger partial charge on any atom is 0.298 e. The number of benzene rings is 1. The molecular weight excluding hydrogens is 214 g/mol. The number of hydrogen-bond donors (Lipinski definition) is 0. The van der Waals surface area contributed by atoms with Crippen LogP contribution in [0.25, 0.3) is 11.1 Å². The first kappa shape index (κ1) is 10.6. The fraction of sp³-hybridized carbons (Fsp3) is 0.462. The smallest absolute Gasteiger partial charge is 0.298 e. The van der Waals surface area contributed by atoms with Crippen LogP contribution in [0.1, 0.15) is 0 Å². The molecule has 0 amide bonds. The predicted molar refractivity (Wildman–Crippen MR) is 68.3 cm³/mol. The van der Waals surface area contributed by atoms with Crippen LogP contribution in [0.15, 0.2) is 28.7 Å². The Balaban J connectivity index is 1.70. The zero-order chi connectivity index (χ0) is 11.8. The van der Waals surface area contributed by atoms with Gasteiger partial charge in [-0.3, -0.25) is 0 Å². The lowest BCUT2D eigenvalue weighted by Gasteiger charge is -2.39. The normalized spacial score (nSPS) is 16.8. The van der Waals surface area contributed by atoms with E-state index in [1.165, 1.54) is 0 Å². The molecule has 1 aliphatic heterocycles. The maximum absolute atomic E-state index is 5.73. The summed E-state index contributed by atoms with van der Waals surface area (Å²) in [6.07, 6.45) is 0. The summed E-state index contributed by atoms with van der Waals surface area (Å²) in [4.78, 5) is 8.93. The quantitative estimate of drug-likeness (QED) is 0.806. The van der Waals surface area contributed by atoms with Crippen molar-refractivity contribution in [3.8, 4) is 0 Å². The monoisotopic (exact) mass is 231 g/mol. The van der Waals surface area contributed by atoms with E-state index in [4.69, 9.17) is 4.42 Å². The Hall–Kier alpha value is -1.55. The lowest BCUT2D eigenvalue weighted by Crippen LogP contribution is -2.50. The van der Waals surface area contributed by atoms with E-state index < -0.39 is 0 Å². The van der Waals surface area contributed by atoms with Gasteiger partial charge in [-0.1, -0.05) is 12.1 Å². The summed E-state index contributed by atoms with van der Waals surface area (Å²) in [5.74, 6) is 0.736. The third kappa shape index (κ3) is 2.00. The Morgan fingerprint density at radius 2 is 2.12 bits per heavy atom. The van der Waals surface area contributed by atoms with E-state index in [-0.39, 0.29) is 0 Å². The van der Waals surface area contributed by atoms with Gasteiger partial charge in [-0.05, 0) is 26.2 Å². The Labute approximate surface area is 101 Å². The number of oxazole rings is 1. The predicted octanol–water partition coefficient (Wildman–Crippen LogP) is 1.83. The van der Waals surface area contributed by atoms with Gasteiger partial charge in [0.05, 0.1) is 0 Å². The van der Waals surface area contributed by atoms with Crippen molar-refractivity contribution in [2.24, 2.45) is 5.92 Å². The van der Waals surface area contributed by atoms with E-state index in [1.807, 2.05) is 24.3 Å². The molecule has 0 atom stereocenters. The van der Waals surface area contributed by atoms with Crippen molar-refractivity contribution in [3.05, 3.63) is 24.3 Å². The van der Waals surface area contributed by atoms with Gasteiger partial charge in [-0.25, -0.2) is 0 Å². The number of anilines is 1. The van der Waals surface area contributed by atoms with Crippen molar-refractivity contribution in [2.45, 2.75) is 0 Å². The van der Waals surface area contributed by atoms with E-state index in [0.717, 1.165) is 42.7 Å². The summed E-state index contributed by atoms with van der Waals surface area (Å²) < 4.78 is 5.73. The van der Waals surface area contributed by atoms with Crippen molar-refractivity contribution < 1.29 is 4.42 Å². The molecule has 2 heterocycles. The number of nitrogens with zero attached hydrogens (tertiary/aromatic N) is 3. The Kier molecular flexibility index (Phi) is 2.52. The molecule has 1 aromatic carbocycles. The lowest BCUT2D eigenvalue weighted by molar-refractivity contribution is 0.275. The third-order valence-electron chi connectivity index (χ3n) is 3.13. The summed E-state index contributed by atoms with van der Waals surface area (Å²) in [6.45, 7) is 3.23. The topological polar surface area (TPSA) is 32.5 Å². The molecule has 4 heteroatoms. The van der Waals surface area contributed by atoms with Crippen molar-refractivity contribution >= 4 is 17.1 Å². The molecule has 1 aliphatic rings. The highest BCUT2D eigenvalue weighted by molar-refractivity contribution is 5.74. The SMILES string of the molecule is CN(C)CC1CN(c2nc3ccccc3o2)C1. The molecule has 90 valence electrons. The minimum Gasteiger partial charge on any atom is -0.423 e. The van der Waals surface area contributed by atoms with Crippen molar-refractivity contribution in [3.63, 3.8) is 0 Å². The summed E-state index contributed by atoms with van der Waals surface area (Å²) in [5.41, 5.74) is 1.82. The molecule has 0 N–H and O–H groups in total. The van der Waals surface area contributed by atoms with E-state index >= 15 is 0 Å². The van der Waals surface area contributed by atoms with Crippen LogP contribution in [0.4, 0.5) is 6.01 Å². The van der Waals surface area contributed by atoms with Crippen molar-refractivity contribution in [1.82, 2.24) is 9.88 Å². The summed E-state index contributed by atoms with van der Waals surface area (Å²) in [7, 11) is 4.23. The molecule has 3 rings (SSSR count). The van der Waals surface area contributed by atoms with Crippen LogP contribution in [0.3, 0.4) is 0 Å². The standard InChI is InChI=1S/C13H17N3O/c1-15(2)7-10-8-16(9-10)13-14-11-5-3-4-6-12(11)17-13/h3-6,10H,7-9H2,1-2H3. The molecule has 1 fully saturated rings. The first-order valence-electron chi connectivity index (χ1n) is 5.97. The molecule has 0 radical (unpaired) electrons. The highest BCUT2D eigenvalue weighted by Crippen LogP contribution is 2.27. The van der Waals surface area contributed by atoms with Gasteiger partial charge in [0, 0.05) is 25.6 Å². The van der Waals surface area contributed by atoms with Crippen LogP contribution in [0, 0.1) is 5.92 Å². The average molecular weight is 231 g/mol. The largest absolute Gasteiger partial charge is 0.423 e. The van der Waals surface area contributed by atoms with Gasteiger partial charge in [0.2, 0.25) is 0 Å². The van der Waals surface area contributed by atoms with Gasteiger partial charge in [-0.15, -0.1) is 0 Å². The van der Waals surface area contributed by atoms with Crippen LogP contribution in [-0.4, -0.2) is 43.6 Å². The fourth-order valence-corrected chi connectivity index (χ4v) is 2.35. The van der Waals surface area contributed by atoms with Crippen LogP contribution in [-0.2, 0) is 0 Å². The molecule has 0 spiro atoms. The van der Waals surface area contributed by atoms with Gasteiger partial charge in [-0.2, -0.15) is 4.98 Å².